The Kier molecular flexibility index (Phi) is 5.29. The summed E-state index contributed by atoms with van der Waals surface area (Å²) in [6, 6.07) is -0.114. The number of ether oxygens (including phenoxy) is 1. The van der Waals surface area contributed by atoms with E-state index < -0.39 is 17.3 Å². The lowest BCUT2D eigenvalue weighted by Gasteiger charge is -2.36. The summed E-state index contributed by atoms with van der Waals surface area (Å²) in [6.45, 7) is 7.42. The Morgan fingerprint density at radius 1 is 1.52 bits per heavy atom. The van der Waals surface area contributed by atoms with Crippen molar-refractivity contribution >= 4 is 6.09 Å². The summed E-state index contributed by atoms with van der Waals surface area (Å²) < 4.78 is 10.4. The number of carbonyl (C=O) groups is 1. The van der Waals surface area contributed by atoms with E-state index in [0.717, 1.165) is 12.8 Å². The number of carbonyl (C=O) groups excluding carboxylic acids is 1. The summed E-state index contributed by atoms with van der Waals surface area (Å²) in [5.74, 6) is 1.09. The molecule has 1 aliphatic rings. The minimum absolute atomic E-state index is 0.114. The van der Waals surface area contributed by atoms with Crippen LogP contribution in [-0.2, 0) is 17.6 Å². The van der Waals surface area contributed by atoms with Crippen molar-refractivity contribution in [2.75, 3.05) is 0 Å². The van der Waals surface area contributed by atoms with Gasteiger partial charge in [0, 0.05) is 12.5 Å². The summed E-state index contributed by atoms with van der Waals surface area (Å²) in [6.07, 6.45) is 3.33. The first-order valence-electron chi connectivity index (χ1n) is 8.22. The second kappa shape index (κ2) is 6.86. The highest BCUT2D eigenvalue weighted by atomic mass is 16.6. The topological polar surface area (TPSA) is 97.5 Å². The van der Waals surface area contributed by atoms with Crippen molar-refractivity contribution in [3.05, 3.63) is 11.7 Å². The zero-order chi connectivity index (χ0) is 17.1. The maximum Gasteiger partial charge on any atom is 0.407 e. The number of hydrogen-bond donors (Lipinski definition) is 2. The Balaban J connectivity index is 1.92. The van der Waals surface area contributed by atoms with Gasteiger partial charge in [0.05, 0.1) is 12.0 Å². The molecule has 1 fully saturated rings. The van der Waals surface area contributed by atoms with Crippen LogP contribution in [0.1, 0.15) is 65.1 Å². The van der Waals surface area contributed by atoms with Crippen LogP contribution in [0.25, 0.3) is 0 Å². The first-order chi connectivity index (χ1) is 10.7. The summed E-state index contributed by atoms with van der Waals surface area (Å²) in [7, 11) is 0. The van der Waals surface area contributed by atoms with E-state index >= 15 is 0 Å². The fourth-order valence-electron chi connectivity index (χ4n) is 2.89. The molecule has 7 nitrogen and oxygen atoms in total. The number of nitrogens with one attached hydrogen (secondary N) is 1. The fraction of sp³-hybridized carbons (Fsp3) is 0.812. The van der Waals surface area contributed by atoms with E-state index in [2.05, 4.69) is 15.5 Å². The van der Waals surface area contributed by atoms with Crippen LogP contribution in [0, 0.1) is 0 Å². The molecule has 0 aliphatic heterocycles. The van der Waals surface area contributed by atoms with Crippen LogP contribution >= 0.6 is 0 Å². The van der Waals surface area contributed by atoms with Crippen LogP contribution < -0.4 is 5.32 Å². The van der Waals surface area contributed by atoms with Crippen molar-refractivity contribution in [3.8, 4) is 0 Å². The van der Waals surface area contributed by atoms with Crippen LogP contribution in [0.3, 0.4) is 0 Å². The molecule has 0 radical (unpaired) electrons. The molecule has 1 aliphatic carbocycles. The number of hydrogen-bond acceptors (Lipinski definition) is 6. The number of rotatable bonds is 4. The molecular weight excluding hydrogens is 298 g/mol. The zero-order valence-electron chi connectivity index (χ0n) is 14.4. The average molecular weight is 325 g/mol. The summed E-state index contributed by atoms with van der Waals surface area (Å²) in [4.78, 5) is 16.1. The van der Waals surface area contributed by atoms with Crippen molar-refractivity contribution in [3.63, 3.8) is 0 Å². The molecule has 0 aromatic carbocycles. The number of aryl methyl sites for hydroxylation is 1. The van der Waals surface area contributed by atoms with Gasteiger partial charge in [-0.25, -0.2) is 4.79 Å². The van der Waals surface area contributed by atoms with Crippen LogP contribution in [0.2, 0.25) is 0 Å². The average Bonchev–Trinajstić information content (AvgIpc) is 2.83. The van der Waals surface area contributed by atoms with Gasteiger partial charge in [-0.2, -0.15) is 4.98 Å². The predicted molar refractivity (Wildman–Crippen MR) is 84.0 cm³/mol. The predicted octanol–water partition coefficient (Wildman–Crippen LogP) is 2.37. The van der Waals surface area contributed by atoms with Crippen molar-refractivity contribution in [2.45, 2.75) is 83.5 Å². The van der Waals surface area contributed by atoms with Gasteiger partial charge < -0.3 is 19.7 Å². The fourth-order valence-corrected chi connectivity index (χ4v) is 2.89. The smallest absolute Gasteiger partial charge is 0.407 e. The van der Waals surface area contributed by atoms with Crippen LogP contribution in [-0.4, -0.2) is 38.6 Å². The molecule has 1 aromatic heterocycles. The molecule has 7 heteroatoms. The number of amides is 1. The van der Waals surface area contributed by atoms with E-state index in [9.17, 15) is 9.90 Å². The Bertz CT molecular complexity index is 538. The molecule has 2 rings (SSSR count). The minimum Gasteiger partial charge on any atom is -0.444 e. The molecule has 2 atom stereocenters. The van der Waals surface area contributed by atoms with Gasteiger partial charge >= 0.3 is 6.09 Å². The van der Waals surface area contributed by atoms with Gasteiger partial charge in [-0.05, 0) is 46.5 Å². The second-order valence-electron chi connectivity index (χ2n) is 7.30. The van der Waals surface area contributed by atoms with Gasteiger partial charge in [-0.1, -0.05) is 12.1 Å². The van der Waals surface area contributed by atoms with E-state index in [1.807, 2.05) is 27.7 Å². The van der Waals surface area contributed by atoms with Gasteiger partial charge in [0.2, 0.25) is 5.89 Å². The zero-order valence-corrected chi connectivity index (χ0v) is 14.4. The third-order valence-electron chi connectivity index (χ3n) is 3.85. The van der Waals surface area contributed by atoms with E-state index in [0.29, 0.717) is 37.4 Å². The van der Waals surface area contributed by atoms with Crippen molar-refractivity contribution in [2.24, 2.45) is 0 Å². The molecule has 1 aromatic rings. The molecule has 1 amide bonds. The SMILES string of the molecule is CCc1noc(C[C@@]2(O)CCC[C@H](NC(=O)OC(C)(C)C)C2)n1. The Labute approximate surface area is 136 Å². The molecule has 0 unspecified atom stereocenters. The molecule has 0 bridgehead atoms. The minimum atomic E-state index is -0.935. The third-order valence-corrected chi connectivity index (χ3v) is 3.85. The quantitative estimate of drug-likeness (QED) is 0.882. The highest BCUT2D eigenvalue weighted by molar-refractivity contribution is 5.68. The van der Waals surface area contributed by atoms with Crippen molar-refractivity contribution < 1.29 is 19.2 Å². The van der Waals surface area contributed by atoms with Gasteiger partial charge in [0.1, 0.15) is 5.60 Å². The largest absolute Gasteiger partial charge is 0.444 e. The number of aromatic nitrogens is 2. The van der Waals surface area contributed by atoms with Gasteiger partial charge in [0.15, 0.2) is 5.82 Å². The molecular formula is C16H27N3O4. The number of nitrogens with zero attached hydrogens (tertiary/aromatic N) is 2. The van der Waals surface area contributed by atoms with E-state index in [-0.39, 0.29) is 6.04 Å². The van der Waals surface area contributed by atoms with Gasteiger partial charge in [-0.3, -0.25) is 0 Å². The lowest BCUT2D eigenvalue weighted by molar-refractivity contribution is -0.0149. The molecule has 0 saturated heterocycles. The maximum absolute atomic E-state index is 11.9. The standard InChI is InChI=1S/C16H27N3O4/c1-5-12-18-13(23-19-12)10-16(21)8-6-7-11(9-16)17-14(20)22-15(2,3)4/h11,21H,5-10H2,1-4H3,(H,17,20)/t11-,16+/m0/s1. The first kappa shape index (κ1) is 17.7. The molecule has 130 valence electrons. The number of aliphatic hydroxyl groups is 1. The summed E-state index contributed by atoms with van der Waals surface area (Å²) >= 11 is 0. The summed E-state index contributed by atoms with van der Waals surface area (Å²) in [5, 5.41) is 17.5. The Morgan fingerprint density at radius 2 is 2.26 bits per heavy atom. The van der Waals surface area contributed by atoms with Crippen molar-refractivity contribution in [1.82, 2.24) is 15.5 Å². The lowest BCUT2D eigenvalue weighted by atomic mass is 9.79. The summed E-state index contributed by atoms with van der Waals surface area (Å²) in [5.41, 5.74) is -1.47. The van der Waals surface area contributed by atoms with E-state index in [1.54, 1.807) is 0 Å². The van der Waals surface area contributed by atoms with Crippen molar-refractivity contribution in [1.29, 1.82) is 0 Å². The molecule has 23 heavy (non-hydrogen) atoms. The number of alkyl carbamates (subject to hydrolysis) is 1. The molecule has 1 heterocycles. The normalized spacial score (nSPS) is 25.2. The van der Waals surface area contributed by atoms with E-state index in [1.165, 1.54) is 0 Å². The third kappa shape index (κ3) is 5.49. The molecule has 2 N–H and O–H groups in total. The van der Waals surface area contributed by atoms with Crippen LogP contribution in [0.5, 0.6) is 0 Å². The van der Waals surface area contributed by atoms with Gasteiger partial charge in [0.25, 0.3) is 0 Å². The first-order valence-corrected chi connectivity index (χ1v) is 8.22. The Morgan fingerprint density at radius 3 is 2.87 bits per heavy atom. The van der Waals surface area contributed by atoms with Crippen LogP contribution in [0.15, 0.2) is 4.52 Å². The maximum atomic E-state index is 11.9. The monoisotopic (exact) mass is 325 g/mol. The Hall–Kier alpha value is -1.63. The lowest BCUT2D eigenvalue weighted by Crippen LogP contribution is -2.48. The molecule has 0 spiro atoms. The highest BCUT2D eigenvalue weighted by Crippen LogP contribution is 2.31. The van der Waals surface area contributed by atoms with Gasteiger partial charge in [-0.15, -0.1) is 0 Å². The second-order valence-corrected chi connectivity index (χ2v) is 7.30. The van der Waals surface area contributed by atoms with E-state index in [4.69, 9.17) is 9.26 Å². The molecule has 1 saturated carbocycles. The highest BCUT2D eigenvalue weighted by Gasteiger charge is 2.37. The van der Waals surface area contributed by atoms with Crippen LogP contribution in [0.4, 0.5) is 4.79 Å².